The first-order valence-corrected chi connectivity index (χ1v) is 10.6. The summed E-state index contributed by atoms with van der Waals surface area (Å²) in [7, 11) is 1.85. The molecule has 0 spiro atoms. The van der Waals surface area contributed by atoms with E-state index in [1.165, 1.54) is 12.1 Å². The third-order valence-electron chi connectivity index (χ3n) is 5.93. The maximum atomic E-state index is 13.2. The van der Waals surface area contributed by atoms with Crippen LogP contribution in [0, 0.1) is 12.7 Å². The van der Waals surface area contributed by atoms with Crippen molar-refractivity contribution >= 4 is 23.4 Å². The topological polar surface area (TPSA) is 88.0 Å². The lowest BCUT2D eigenvalue weighted by Gasteiger charge is -2.32. The van der Waals surface area contributed by atoms with Crippen molar-refractivity contribution in [3.63, 3.8) is 0 Å². The summed E-state index contributed by atoms with van der Waals surface area (Å²) in [4.78, 5) is 23.0. The number of likely N-dealkylation sites (N-methyl/N-ethyl adjacent to an activating group) is 1. The Hall–Kier alpha value is -3.49. The number of amides is 1. The van der Waals surface area contributed by atoms with Gasteiger partial charge >= 0.3 is 0 Å². The molecule has 168 valence electrons. The number of fused-ring (bicyclic) bond motifs is 1. The zero-order valence-corrected chi connectivity index (χ0v) is 19.0. The first-order valence-electron chi connectivity index (χ1n) is 10.6. The molecule has 3 heterocycles. The standard InChI is InChI=1S/C23H28FN7O/c1-14-19-20(30(5)15(2)21(32)28-19)29-22(27-14)25-10-16-11-26-31(12-16)13-23(3,4)17-6-8-18(24)9-7-17/h6-9,11-12,15H,10,13H2,1-5H3,(H,28,32)(H,25,27,29)/t15-/m0/s1. The summed E-state index contributed by atoms with van der Waals surface area (Å²) in [6.07, 6.45) is 3.80. The molecule has 1 aliphatic rings. The Morgan fingerprint density at radius 3 is 2.66 bits per heavy atom. The molecule has 2 N–H and O–H groups in total. The number of aryl methyl sites for hydroxylation is 1. The summed E-state index contributed by atoms with van der Waals surface area (Å²) in [5.41, 5.74) is 3.21. The normalized spacial score (nSPS) is 16.0. The number of aromatic nitrogens is 4. The van der Waals surface area contributed by atoms with Gasteiger partial charge in [0.25, 0.3) is 0 Å². The number of rotatable bonds is 6. The van der Waals surface area contributed by atoms with Gasteiger partial charge in [0.15, 0.2) is 5.82 Å². The SMILES string of the molecule is Cc1nc(NCc2cnn(CC(C)(C)c3ccc(F)cc3)c2)nc2c1NC(=O)[C@H](C)N2C. The minimum absolute atomic E-state index is 0.0663. The Labute approximate surface area is 186 Å². The van der Waals surface area contributed by atoms with Gasteiger partial charge in [-0.05, 0) is 31.5 Å². The lowest BCUT2D eigenvalue weighted by atomic mass is 9.84. The molecular formula is C23H28FN7O. The number of hydrogen-bond donors (Lipinski definition) is 2. The number of nitrogens with zero attached hydrogens (tertiary/aromatic N) is 5. The van der Waals surface area contributed by atoms with Crippen molar-refractivity contribution in [2.75, 3.05) is 22.6 Å². The highest BCUT2D eigenvalue weighted by Crippen LogP contribution is 2.32. The van der Waals surface area contributed by atoms with Gasteiger partial charge in [0.2, 0.25) is 11.9 Å². The number of anilines is 3. The van der Waals surface area contributed by atoms with Crippen LogP contribution in [0.4, 0.5) is 21.8 Å². The van der Waals surface area contributed by atoms with E-state index < -0.39 is 0 Å². The molecule has 32 heavy (non-hydrogen) atoms. The maximum absolute atomic E-state index is 13.2. The van der Waals surface area contributed by atoms with Crippen LogP contribution in [0.25, 0.3) is 0 Å². The molecule has 8 nitrogen and oxygen atoms in total. The van der Waals surface area contributed by atoms with E-state index in [-0.39, 0.29) is 23.2 Å². The second kappa shape index (κ2) is 8.22. The second-order valence-corrected chi connectivity index (χ2v) is 8.90. The molecule has 4 rings (SSSR count). The van der Waals surface area contributed by atoms with Crippen LogP contribution in [0.2, 0.25) is 0 Å². The van der Waals surface area contributed by atoms with Crippen molar-refractivity contribution in [3.05, 3.63) is 59.3 Å². The zero-order chi connectivity index (χ0) is 23.0. The molecule has 0 fully saturated rings. The molecule has 0 saturated heterocycles. The number of halogens is 1. The van der Waals surface area contributed by atoms with Crippen molar-refractivity contribution in [1.29, 1.82) is 0 Å². The molecule has 3 aromatic rings. The summed E-state index contributed by atoms with van der Waals surface area (Å²) in [6, 6.07) is 6.31. The van der Waals surface area contributed by atoms with Crippen LogP contribution in [-0.4, -0.2) is 38.7 Å². The van der Waals surface area contributed by atoms with Gasteiger partial charge in [0.1, 0.15) is 17.5 Å². The number of benzene rings is 1. The first kappa shape index (κ1) is 21.7. The fraction of sp³-hybridized carbons (Fsp3) is 0.391. The molecule has 0 aliphatic carbocycles. The highest BCUT2D eigenvalue weighted by molar-refractivity contribution is 6.03. The van der Waals surface area contributed by atoms with Gasteiger partial charge < -0.3 is 15.5 Å². The Bertz CT molecular complexity index is 1140. The average molecular weight is 438 g/mol. The molecule has 1 aliphatic heterocycles. The Morgan fingerprint density at radius 2 is 1.94 bits per heavy atom. The second-order valence-electron chi connectivity index (χ2n) is 8.90. The molecule has 2 aromatic heterocycles. The van der Waals surface area contributed by atoms with Crippen LogP contribution in [0.5, 0.6) is 0 Å². The minimum atomic E-state index is -0.299. The van der Waals surface area contributed by atoms with Crippen LogP contribution in [0.3, 0.4) is 0 Å². The van der Waals surface area contributed by atoms with Crippen LogP contribution in [0.1, 0.15) is 37.6 Å². The molecule has 0 radical (unpaired) electrons. The van der Waals surface area contributed by atoms with E-state index in [9.17, 15) is 9.18 Å². The predicted molar refractivity (Wildman–Crippen MR) is 122 cm³/mol. The van der Waals surface area contributed by atoms with Crippen LogP contribution < -0.4 is 15.5 Å². The molecular weight excluding hydrogens is 409 g/mol. The van der Waals surface area contributed by atoms with E-state index in [0.29, 0.717) is 36.2 Å². The Morgan fingerprint density at radius 1 is 1.22 bits per heavy atom. The molecule has 1 amide bonds. The van der Waals surface area contributed by atoms with Gasteiger partial charge in [-0.3, -0.25) is 9.48 Å². The summed E-state index contributed by atoms with van der Waals surface area (Å²) in [5, 5.41) is 10.6. The fourth-order valence-corrected chi connectivity index (χ4v) is 3.79. The van der Waals surface area contributed by atoms with Gasteiger partial charge in [-0.15, -0.1) is 0 Å². The Balaban J connectivity index is 1.44. The van der Waals surface area contributed by atoms with E-state index in [1.54, 1.807) is 0 Å². The predicted octanol–water partition coefficient (Wildman–Crippen LogP) is 3.49. The van der Waals surface area contributed by atoms with Crippen molar-refractivity contribution in [2.24, 2.45) is 0 Å². The first-order chi connectivity index (χ1) is 15.1. The molecule has 9 heteroatoms. The smallest absolute Gasteiger partial charge is 0.246 e. The number of carbonyl (C=O) groups excluding carboxylic acids is 1. The monoisotopic (exact) mass is 437 g/mol. The molecule has 1 atom stereocenters. The van der Waals surface area contributed by atoms with E-state index in [2.05, 4.69) is 39.5 Å². The third kappa shape index (κ3) is 4.28. The van der Waals surface area contributed by atoms with Crippen molar-refractivity contribution < 1.29 is 9.18 Å². The fourth-order valence-electron chi connectivity index (χ4n) is 3.79. The molecule has 1 aromatic carbocycles. The lowest BCUT2D eigenvalue weighted by Crippen LogP contribution is -2.44. The quantitative estimate of drug-likeness (QED) is 0.614. The van der Waals surface area contributed by atoms with E-state index in [0.717, 1.165) is 11.1 Å². The molecule has 0 bridgehead atoms. The highest BCUT2D eigenvalue weighted by Gasteiger charge is 2.30. The van der Waals surface area contributed by atoms with Gasteiger partial charge in [-0.25, -0.2) is 9.37 Å². The van der Waals surface area contributed by atoms with Gasteiger partial charge in [-0.2, -0.15) is 10.1 Å². The van der Waals surface area contributed by atoms with E-state index in [1.807, 2.05) is 55.0 Å². The van der Waals surface area contributed by atoms with Crippen LogP contribution in [-0.2, 0) is 23.3 Å². The minimum Gasteiger partial charge on any atom is -0.350 e. The maximum Gasteiger partial charge on any atom is 0.246 e. The van der Waals surface area contributed by atoms with E-state index >= 15 is 0 Å². The zero-order valence-electron chi connectivity index (χ0n) is 19.0. The van der Waals surface area contributed by atoms with Crippen LogP contribution in [0.15, 0.2) is 36.7 Å². The van der Waals surface area contributed by atoms with Crippen LogP contribution >= 0.6 is 0 Å². The van der Waals surface area contributed by atoms with E-state index in [4.69, 9.17) is 0 Å². The number of carbonyl (C=O) groups is 1. The van der Waals surface area contributed by atoms with Gasteiger partial charge in [0.05, 0.1) is 18.4 Å². The molecule has 0 saturated carbocycles. The van der Waals surface area contributed by atoms with Gasteiger partial charge in [-0.1, -0.05) is 26.0 Å². The third-order valence-corrected chi connectivity index (χ3v) is 5.93. The van der Waals surface area contributed by atoms with Crippen molar-refractivity contribution in [1.82, 2.24) is 19.7 Å². The lowest BCUT2D eigenvalue weighted by molar-refractivity contribution is -0.117. The molecule has 0 unspecified atom stereocenters. The number of nitrogens with one attached hydrogen (secondary N) is 2. The highest BCUT2D eigenvalue weighted by atomic mass is 19.1. The summed E-state index contributed by atoms with van der Waals surface area (Å²) in [6.45, 7) is 9.09. The summed E-state index contributed by atoms with van der Waals surface area (Å²) in [5.74, 6) is 0.891. The Kier molecular flexibility index (Phi) is 5.58. The number of hydrogen-bond acceptors (Lipinski definition) is 6. The van der Waals surface area contributed by atoms with Crippen molar-refractivity contribution in [3.8, 4) is 0 Å². The average Bonchev–Trinajstić information content (AvgIpc) is 3.18. The summed E-state index contributed by atoms with van der Waals surface area (Å²) >= 11 is 0. The summed E-state index contributed by atoms with van der Waals surface area (Å²) < 4.78 is 15.1. The van der Waals surface area contributed by atoms with Crippen molar-refractivity contribution in [2.45, 2.75) is 52.2 Å². The largest absolute Gasteiger partial charge is 0.350 e. The van der Waals surface area contributed by atoms with Gasteiger partial charge in [0, 0.05) is 30.8 Å².